The smallest absolute Gasteiger partial charge is 0.409 e. The first-order valence-corrected chi connectivity index (χ1v) is 6.00. The van der Waals surface area contributed by atoms with Gasteiger partial charge in [-0.25, -0.2) is 4.79 Å². The summed E-state index contributed by atoms with van der Waals surface area (Å²) in [4.78, 5) is 13.3. The van der Waals surface area contributed by atoms with Crippen LogP contribution in [0.1, 0.15) is 26.3 Å². The Kier molecular flexibility index (Phi) is 4.59. The standard InChI is InChI=1S/C14H22N2O2/c1-14(2,3)10-16(4)13(17)18-9-11-5-7-12(15)8-6-11/h5-8H,9-10,15H2,1-4H3. The molecule has 0 aliphatic heterocycles. The Morgan fingerprint density at radius 3 is 2.33 bits per heavy atom. The van der Waals surface area contributed by atoms with Crippen molar-refractivity contribution < 1.29 is 9.53 Å². The van der Waals surface area contributed by atoms with Crippen LogP contribution in [0.2, 0.25) is 0 Å². The van der Waals surface area contributed by atoms with Crippen molar-refractivity contribution in [3.63, 3.8) is 0 Å². The first-order valence-electron chi connectivity index (χ1n) is 6.00. The highest BCUT2D eigenvalue weighted by molar-refractivity contribution is 5.67. The van der Waals surface area contributed by atoms with Crippen LogP contribution in [-0.4, -0.2) is 24.6 Å². The van der Waals surface area contributed by atoms with Gasteiger partial charge in [-0.2, -0.15) is 0 Å². The van der Waals surface area contributed by atoms with Crippen LogP contribution in [0.3, 0.4) is 0 Å². The van der Waals surface area contributed by atoms with Gasteiger partial charge in [0.1, 0.15) is 6.61 Å². The lowest BCUT2D eigenvalue weighted by Crippen LogP contribution is -2.34. The van der Waals surface area contributed by atoms with Gasteiger partial charge in [-0.05, 0) is 23.1 Å². The lowest BCUT2D eigenvalue weighted by molar-refractivity contribution is 0.0936. The maximum Gasteiger partial charge on any atom is 0.409 e. The number of amides is 1. The average molecular weight is 250 g/mol. The molecule has 0 aromatic heterocycles. The van der Waals surface area contributed by atoms with Crippen molar-refractivity contribution in [1.29, 1.82) is 0 Å². The molecule has 100 valence electrons. The van der Waals surface area contributed by atoms with Gasteiger partial charge in [0.2, 0.25) is 0 Å². The second-order valence-corrected chi connectivity index (χ2v) is 5.71. The highest BCUT2D eigenvalue weighted by atomic mass is 16.6. The molecule has 0 saturated heterocycles. The lowest BCUT2D eigenvalue weighted by Gasteiger charge is -2.25. The fourth-order valence-corrected chi connectivity index (χ4v) is 1.65. The average Bonchev–Trinajstić information content (AvgIpc) is 2.25. The number of hydrogen-bond acceptors (Lipinski definition) is 3. The van der Waals surface area contributed by atoms with Gasteiger partial charge in [-0.15, -0.1) is 0 Å². The van der Waals surface area contributed by atoms with Gasteiger partial charge in [-0.3, -0.25) is 0 Å². The van der Waals surface area contributed by atoms with Crippen molar-refractivity contribution in [2.75, 3.05) is 19.3 Å². The summed E-state index contributed by atoms with van der Waals surface area (Å²) in [5, 5.41) is 0. The Morgan fingerprint density at radius 2 is 1.83 bits per heavy atom. The maximum atomic E-state index is 11.7. The van der Waals surface area contributed by atoms with E-state index in [1.54, 1.807) is 24.1 Å². The minimum atomic E-state index is -0.304. The molecule has 4 nitrogen and oxygen atoms in total. The first-order chi connectivity index (χ1) is 8.28. The quantitative estimate of drug-likeness (QED) is 0.839. The molecule has 1 aromatic carbocycles. The van der Waals surface area contributed by atoms with E-state index < -0.39 is 0 Å². The molecule has 0 saturated carbocycles. The number of carbonyl (C=O) groups is 1. The minimum absolute atomic E-state index is 0.0645. The summed E-state index contributed by atoms with van der Waals surface area (Å²) in [6.07, 6.45) is -0.304. The zero-order chi connectivity index (χ0) is 13.8. The molecular formula is C14H22N2O2. The molecule has 0 fully saturated rings. The molecule has 0 spiro atoms. The Morgan fingerprint density at radius 1 is 1.28 bits per heavy atom. The summed E-state index contributed by atoms with van der Waals surface area (Å²) in [5.74, 6) is 0. The zero-order valence-corrected chi connectivity index (χ0v) is 11.6. The van der Waals surface area contributed by atoms with Crippen LogP contribution in [-0.2, 0) is 11.3 Å². The summed E-state index contributed by atoms with van der Waals surface area (Å²) in [6.45, 7) is 7.17. The van der Waals surface area contributed by atoms with Crippen molar-refractivity contribution >= 4 is 11.8 Å². The largest absolute Gasteiger partial charge is 0.445 e. The number of carbonyl (C=O) groups excluding carboxylic acids is 1. The van der Waals surface area contributed by atoms with Gasteiger partial charge in [0.15, 0.2) is 0 Å². The van der Waals surface area contributed by atoms with Crippen LogP contribution in [0, 0.1) is 5.41 Å². The van der Waals surface area contributed by atoms with E-state index in [4.69, 9.17) is 10.5 Å². The van der Waals surface area contributed by atoms with E-state index in [9.17, 15) is 4.79 Å². The van der Waals surface area contributed by atoms with E-state index in [1.165, 1.54) is 0 Å². The summed E-state index contributed by atoms with van der Waals surface area (Å²) in [6, 6.07) is 7.29. The zero-order valence-electron chi connectivity index (χ0n) is 11.6. The molecule has 1 aromatic rings. The summed E-state index contributed by atoms with van der Waals surface area (Å²) in [5.41, 5.74) is 7.28. The van der Waals surface area contributed by atoms with Gasteiger partial charge in [-0.1, -0.05) is 32.9 Å². The van der Waals surface area contributed by atoms with E-state index in [0.29, 0.717) is 12.2 Å². The number of rotatable bonds is 3. The SMILES string of the molecule is CN(CC(C)(C)C)C(=O)OCc1ccc(N)cc1. The van der Waals surface area contributed by atoms with Crippen molar-refractivity contribution in [2.24, 2.45) is 5.41 Å². The molecule has 0 aliphatic rings. The summed E-state index contributed by atoms with van der Waals surface area (Å²) < 4.78 is 5.22. The number of benzene rings is 1. The maximum absolute atomic E-state index is 11.7. The van der Waals surface area contributed by atoms with Gasteiger partial charge in [0, 0.05) is 19.3 Å². The van der Waals surface area contributed by atoms with E-state index in [0.717, 1.165) is 5.56 Å². The highest BCUT2D eigenvalue weighted by Gasteiger charge is 2.18. The number of hydrogen-bond donors (Lipinski definition) is 1. The summed E-state index contributed by atoms with van der Waals surface area (Å²) >= 11 is 0. The molecule has 0 atom stereocenters. The van der Waals surface area contributed by atoms with Crippen molar-refractivity contribution in [2.45, 2.75) is 27.4 Å². The molecule has 1 rings (SSSR count). The fraction of sp³-hybridized carbons (Fsp3) is 0.500. The van der Waals surface area contributed by atoms with Gasteiger partial charge in [0.25, 0.3) is 0 Å². The molecule has 2 N–H and O–H groups in total. The van der Waals surface area contributed by atoms with Crippen LogP contribution in [0.5, 0.6) is 0 Å². The topological polar surface area (TPSA) is 55.6 Å². The van der Waals surface area contributed by atoms with Crippen molar-refractivity contribution in [3.05, 3.63) is 29.8 Å². The number of nitrogen functional groups attached to an aromatic ring is 1. The Hall–Kier alpha value is -1.71. The van der Waals surface area contributed by atoms with E-state index in [2.05, 4.69) is 20.8 Å². The molecule has 0 unspecified atom stereocenters. The van der Waals surface area contributed by atoms with Crippen LogP contribution in [0.4, 0.5) is 10.5 Å². The molecule has 0 aliphatic carbocycles. The third-order valence-corrected chi connectivity index (χ3v) is 2.37. The van der Waals surface area contributed by atoms with Crippen LogP contribution >= 0.6 is 0 Å². The molecule has 0 heterocycles. The number of ether oxygens (including phenoxy) is 1. The Balaban J connectivity index is 2.43. The van der Waals surface area contributed by atoms with E-state index in [-0.39, 0.29) is 18.1 Å². The Bertz CT molecular complexity index is 393. The fourth-order valence-electron chi connectivity index (χ4n) is 1.65. The second-order valence-electron chi connectivity index (χ2n) is 5.71. The van der Waals surface area contributed by atoms with Crippen LogP contribution in [0.25, 0.3) is 0 Å². The van der Waals surface area contributed by atoms with Crippen LogP contribution in [0.15, 0.2) is 24.3 Å². The van der Waals surface area contributed by atoms with Gasteiger partial charge >= 0.3 is 6.09 Å². The highest BCUT2D eigenvalue weighted by Crippen LogP contribution is 2.15. The Labute approximate surface area is 109 Å². The third kappa shape index (κ3) is 5.08. The predicted molar refractivity (Wildman–Crippen MR) is 73.1 cm³/mol. The molecular weight excluding hydrogens is 228 g/mol. The van der Waals surface area contributed by atoms with Crippen molar-refractivity contribution in [1.82, 2.24) is 4.90 Å². The molecule has 4 heteroatoms. The van der Waals surface area contributed by atoms with Gasteiger partial charge in [0.05, 0.1) is 0 Å². The summed E-state index contributed by atoms with van der Waals surface area (Å²) in [7, 11) is 1.75. The van der Waals surface area contributed by atoms with E-state index in [1.807, 2.05) is 12.1 Å². The number of anilines is 1. The number of nitrogens with zero attached hydrogens (tertiary/aromatic N) is 1. The monoisotopic (exact) mass is 250 g/mol. The van der Waals surface area contributed by atoms with Crippen molar-refractivity contribution in [3.8, 4) is 0 Å². The molecule has 0 radical (unpaired) electrons. The second kappa shape index (κ2) is 5.76. The molecule has 1 amide bonds. The first kappa shape index (κ1) is 14.4. The normalized spacial score (nSPS) is 11.1. The third-order valence-electron chi connectivity index (χ3n) is 2.37. The van der Waals surface area contributed by atoms with Crippen LogP contribution < -0.4 is 5.73 Å². The molecule has 0 bridgehead atoms. The molecule has 18 heavy (non-hydrogen) atoms. The predicted octanol–water partition coefficient (Wildman–Crippen LogP) is 2.88. The lowest BCUT2D eigenvalue weighted by atomic mass is 9.96. The number of nitrogens with two attached hydrogens (primary N) is 1. The minimum Gasteiger partial charge on any atom is -0.445 e. The van der Waals surface area contributed by atoms with Gasteiger partial charge < -0.3 is 15.4 Å². The van der Waals surface area contributed by atoms with E-state index >= 15 is 0 Å².